The van der Waals surface area contributed by atoms with Gasteiger partial charge in [-0.25, -0.2) is 4.79 Å². The van der Waals surface area contributed by atoms with E-state index in [4.69, 9.17) is 21.7 Å². The summed E-state index contributed by atoms with van der Waals surface area (Å²) in [6, 6.07) is 12.3. The number of carbonyl (C=O) groups excluding carboxylic acids is 2. The molecule has 1 amide bonds. The number of likely N-dealkylation sites (N-methyl/N-ethyl adjacent to an activating group) is 1. The van der Waals surface area contributed by atoms with Gasteiger partial charge in [0, 0.05) is 7.05 Å². The Morgan fingerprint density at radius 2 is 1.89 bits per heavy atom. The maximum Gasteiger partial charge on any atom is 0.343 e. The van der Waals surface area contributed by atoms with E-state index in [2.05, 4.69) is 0 Å². The number of ether oxygens (including phenoxy) is 2. The van der Waals surface area contributed by atoms with E-state index in [1.807, 2.05) is 26.0 Å². The van der Waals surface area contributed by atoms with Crippen molar-refractivity contribution in [3.05, 3.63) is 64.1 Å². The van der Waals surface area contributed by atoms with Crippen molar-refractivity contribution in [2.45, 2.75) is 13.8 Å². The van der Waals surface area contributed by atoms with E-state index < -0.39 is 5.97 Å². The Labute approximate surface area is 173 Å². The number of carbonyl (C=O) groups is 2. The fourth-order valence-corrected chi connectivity index (χ4v) is 3.69. The lowest BCUT2D eigenvalue weighted by molar-refractivity contribution is -0.121. The molecule has 1 heterocycles. The predicted octanol–water partition coefficient (Wildman–Crippen LogP) is 4.44. The van der Waals surface area contributed by atoms with Gasteiger partial charge in [0.25, 0.3) is 5.91 Å². The van der Waals surface area contributed by atoms with Crippen molar-refractivity contribution < 1.29 is 19.1 Å². The summed E-state index contributed by atoms with van der Waals surface area (Å²) in [6.07, 6.45) is 1.75. The maximum atomic E-state index is 12.4. The second-order valence-corrected chi connectivity index (χ2v) is 7.81. The largest absolute Gasteiger partial charge is 0.490 e. The van der Waals surface area contributed by atoms with Crippen LogP contribution in [0.5, 0.6) is 11.5 Å². The fraction of sp³-hybridized carbons (Fsp3) is 0.190. The van der Waals surface area contributed by atoms with Crippen LogP contribution in [0.2, 0.25) is 0 Å². The number of esters is 1. The van der Waals surface area contributed by atoms with E-state index in [1.54, 1.807) is 43.5 Å². The Kier molecular flexibility index (Phi) is 6.16. The molecule has 2 aromatic rings. The van der Waals surface area contributed by atoms with Crippen LogP contribution in [0.3, 0.4) is 0 Å². The third kappa shape index (κ3) is 4.43. The first-order valence-corrected chi connectivity index (χ1v) is 9.88. The minimum atomic E-state index is -0.458. The monoisotopic (exact) mass is 413 g/mol. The van der Waals surface area contributed by atoms with E-state index >= 15 is 0 Å². The van der Waals surface area contributed by atoms with Crippen molar-refractivity contribution in [3.63, 3.8) is 0 Å². The van der Waals surface area contributed by atoms with Crippen molar-refractivity contribution in [2.75, 3.05) is 13.7 Å². The smallest absolute Gasteiger partial charge is 0.343 e. The van der Waals surface area contributed by atoms with Crippen LogP contribution in [0.1, 0.15) is 28.4 Å². The van der Waals surface area contributed by atoms with Gasteiger partial charge in [-0.1, -0.05) is 47.7 Å². The first kappa shape index (κ1) is 20.1. The minimum Gasteiger partial charge on any atom is -0.490 e. The number of thiocarbonyl (C=S) groups is 1. The summed E-state index contributed by atoms with van der Waals surface area (Å²) in [6.45, 7) is 4.21. The van der Waals surface area contributed by atoms with E-state index in [9.17, 15) is 9.59 Å². The Hall–Kier alpha value is -2.64. The lowest BCUT2D eigenvalue weighted by Gasteiger charge is -2.12. The summed E-state index contributed by atoms with van der Waals surface area (Å²) >= 11 is 6.40. The predicted molar refractivity (Wildman–Crippen MR) is 115 cm³/mol. The zero-order valence-electron chi connectivity index (χ0n) is 15.7. The van der Waals surface area contributed by atoms with Crippen LogP contribution in [0.4, 0.5) is 0 Å². The molecule has 0 spiro atoms. The Morgan fingerprint density at radius 3 is 2.50 bits per heavy atom. The van der Waals surface area contributed by atoms with Gasteiger partial charge in [-0.3, -0.25) is 9.69 Å². The van der Waals surface area contributed by atoms with Gasteiger partial charge in [0.05, 0.1) is 17.1 Å². The van der Waals surface area contributed by atoms with Crippen molar-refractivity contribution in [2.24, 2.45) is 0 Å². The average Bonchev–Trinajstić information content (AvgIpc) is 2.91. The molecular weight excluding hydrogens is 394 g/mol. The maximum absolute atomic E-state index is 12.4. The number of hydrogen-bond acceptors (Lipinski definition) is 6. The molecular formula is C21H19NO4S2. The lowest BCUT2D eigenvalue weighted by atomic mass is 10.1. The zero-order valence-corrected chi connectivity index (χ0v) is 17.4. The lowest BCUT2D eigenvalue weighted by Crippen LogP contribution is -2.22. The van der Waals surface area contributed by atoms with E-state index in [0.29, 0.717) is 32.9 Å². The molecule has 0 unspecified atom stereocenters. The normalized spacial score (nSPS) is 15.2. The highest BCUT2D eigenvalue weighted by molar-refractivity contribution is 8.26. The Balaban J connectivity index is 1.85. The van der Waals surface area contributed by atoms with Gasteiger partial charge < -0.3 is 9.47 Å². The number of thioether (sulfide) groups is 1. The van der Waals surface area contributed by atoms with Crippen molar-refractivity contribution in [1.82, 2.24) is 4.90 Å². The molecule has 0 aromatic heterocycles. The number of rotatable bonds is 5. The topological polar surface area (TPSA) is 55.8 Å². The fourth-order valence-electron chi connectivity index (χ4n) is 2.51. The summed E-state index contributed by atoms with van der Waals surface area (Å²) in [4.78, 5) is 26.6. The number of aryl methyl sites for hydroxylation is 1. The molecule has 0 aliphatic carbocycles. The van der Waals surface area contributed by atoms with Gasteiger partial charge in [0.2, 0.25) is 0 Å². The van der Waals surface area contributed by atoms with Crippen LogP contribution in [0.15, 0.2) is 47.4 Å². The first-order valence-electron chi connectivity index (χ1n) is 8.66. The highest BCUT2D eigenvalue weighted by atomic mass is 32.2. The Morgan fingerprint density at radius 1 is 1.18 bits per heavy atom. The standard InChI is InChI=1S/C21H19NO4S2/c1-4-25-17-11-14(12-18-19(23)22(3)21(27)28-18)7-10-16(17)26-20(24)15-8-5-13(2)6-9-15/h5-12H,4H2,1-3H3/b18-12-. The van der Waals surface area contributed by atoms with E-state index in [0.717, 1.165) is 11.1 Å². The van der Waals surface area contributed by atoms with Gasteiger partial charge in [-0.15, -0.1) is 0 Å². The molecule has 3 rings (SSSR count). The van der Waals surface area contributed by atoms with Crippen molar-refractivity contribution in [3.8, 4) is 11.5 Å². The van der Waals surface area contributed by atoms with Crippen LogP contribution in [0.25, 0.3) is 6.08 Å². The second-order valence-electron chi connectivity index (χ2n) is 6.14. The molecule has 1 saturated heterocycles. The SMILES string of the molecule is CCOc1cc(/C=C2\SC(=S)N(C)C2=O)ccc1OC(=O)c1ccc(C)cc1. The highest BCUT2D eigenvalue weighted by Crippen LogP contribution is 2.34. The molecule has 144 valence electrons. The zero-order chi connectivity index (χ0) is 20.3. The van der Waals surface area contributed by atoms with Gasteiger partial charge >= 0.3 is 5.97 Å². The van der Waals surface area contributed by atoms with Gasteiger partial charge in [-0.05, 0) is 49.8 Å². The third-order valence-electron chi connectivity index (χ3n) is 4.04. The number of hydrogen-bond donors (Lipinski definition) is 0. The molecule has 1 aliphatic heterocycles. The number of nitrogens with zero attached hydrogens (tertiary/aromatic N) is 1. The van der Waals surface area contributed by atoms with E-state index in [-0.39, 0.29) is 5.91 Å². The van der Waals surface area contributed by atoms with Gasteiger partial charge in [0.15, 0.2) is 11.5 Å². The summed E-state index contributed by atoms with van der Waals surface area (Å²) in [5.74, 6) is 0.166. The highest BCUT2D eigenvalue weighted by Gasteiger charge is 2.28. The molecule has 0 bridgehead atoms. The quantitative estimate of drug-likeness (QED) is 0.313. The van der Waals surface area contributed by atoms with E-state index in [1.165, 1.54) is 16.7 Å². The van der Waals surface area contributed by atoms with Crippen LogP contribution < -0.4 is 9.47 Å². The van der Waals surface area contributed by atoms with Crippen LogP contribution in [-0.2, 0) is 4.79 Å². The van der Waals surface area contributed by atoms with Crippen LogP contribution >= 0.6 is 24.0 Å². The van der Waals surface area contributed by atoms with Crippen LogP contribution in [0, 0.1) is 6.92 Å². The summed E-state index contributed by atoms with van der Waals surface area (Å²) in [5.41, 5.74) is 2.28. The average molecular weight is 414 g/mol. The summed E-state index contributed by atoms with van der Waals surface area (Å²) in [5, 5.41) is 0. The molecule has 2 aromatic carbocycles. The molecule has 5 nitrogen and oxygen atoms in total. The Bertz CT molecular complexity index is 967. The molecule has 0 radical (unpaired) electrons. The van der Waals surface area contributed by atoms with Gasteiger partial charge in [-0.2, -0.15) is 0 Å². The molecule has 1 aliphatic rings. The molecule has 0 saturated carbocycles. The number of amides is 1. The molecule has 0 atom stereocenters. The van der Waals surface area contributed by atoms with Crippen molar-refractivity contribution in [1.29, 1.82) is 0 Å². The second kappa shape index (κ2) is 8.58. The number of benzene rings is 2. The molecule has 28 heavy (non-hydrogen) atoms. The van der Waals surface area contributed by atoms with Crippen LogP contribution in [-0.4, -0.2) is 34.8 Å². The molecule has 1 fully saturated rings. The van der Waals surface area contributed by atoms with Crippen molar-refractivity contribution >= 4 is 46.3 Å². The molecule has 0 N–H and O–H groups in total. The summed E-state index contributed by atoms with van der Waals surface area (Å²) < 4.78 is 11.7. The third-order valence-corrected chi connectivity index (χ3v) is 5.53. The van der Waals surface area contributed by atoms with Gasteiger partial charge in [0.1, 0.15) is 4.32 Å². The first-order chi connectivity index (χ1) is 13.4. The minimum absolute atomic E-state index is 0.136. The summed E-state index contributed by atoms with van der Waals surface area (Å²) in [7, 11) is 1.65. The molecule has 7 heteroatoms.